The number of rotatable bonds is 3. The van der Waals surface area contributed by atoms with Crippen LogP contribution >= 0.6 is 11.6 Å². The highest BCUT2D eigenvalue weighted by molar-refractivity contribution is 6.37. The molecule has 6 rings (SSSR count). The Hall–Kier alpha value is -2.45. The molecule has 0 radical (unpaired) electrons. The molecule has 0 aromatic carbocycles. The molecular weight excluding hydrogens is 356 g/mol. The summed E-state index contributed by atoms with van der Waals surface area (Å²) in [6.45, 7) is 3.13. The van der Waals surface area contributed by atoms with Crippen LogP contribution in [0.1, 0.15) is 23.5 Å². The first-order valence-electron chi connectivity index (χ1n) is 8.68. The Kier molecular flexibility index (Phi) is 3.68. The second-order valence-electron chi connectivity index (χ2n) is 6.87. The van der Waals surface area contributed by atoms with Crippen LogP contribution < -0.4 is 5.32 Å². The standard InChI is InChI=1S/C17H17ClN6O2/c18-13-10-1-4-19-14(10)20-7-11(13)15-22-17(26-23-15)16(25)21-12-8-24-5-2-9(12)3-6-24/h1,4,7,9,12H,2-3,5-6,8H2,(H,19,20)(H,21,25). The molecule has 1 amide bonds. The zero-order valence-corrected chi connectivity index (χ0v) is 14.7. The number of carbonyl (C=O) groups is 1. The highest BCUT2D eigenvalue weighted by Crippen LogP contribution is 2.31. The smallest absolute Gasteiger partial charge is 0.316 e. The van der Waals surface area contributed by atoms with Crippen molar-refractivity contribution >= 4 is 28.5 Å². The molecule has 2 N–H and O–H groups in total. The van der Waals surface area contributed by atoms with E-state index in [0.717, 1.165) is 37.9 Å². The van der Waals surface area contributed by atoms with Gasteiger partial charge in [0.25, 0.3) is 0 Å². The van der Waals surface area contributed by atoms with Crippen LogP contribution in [0.25, 0.3) is 22.4 Å². The maximum atomic E-state index is 12.5. The normalized spacial score (nSPS) is 24.9. The second kappa shape index (κ2) is 6.07. The van der Waals surface area contributed by atoms with Crippen molar-refractivity contribution < 1.29 is 9.32 Å². The van der Waals surface area contributed by atoms with Crippen molar-refractivity contribution in [3.05, 3.63) is 29.4 Å². The lowest BCUT2D eigenvalue weighted by Crippen LogP contribution is -2.57. The van der Waals surface area contributed by atoms with Gasteiger partial charge >= 0.3 is 11.8 Å². The number of aromatic amines is 1. The molecule has 6 heterocycles. The molecule has 26 heavy (non-hydrogen) atoms. The van der Waals surface area contributed by atoms with E-state index in [-0.39, 0.29) is 23.7 Å². The van der Waals surface area contributed by atoms with Crippen LogP contribution in [-0.4, -0.2) is 56.6 Å². The van der Waals surface area contributed by atoms with Crippen molar-refractivity contribution in [2.24, 2.45) is 5.92 Å². The molecule has 3 saturated heterocycles. The van der Waals surface area contributed by atoms with E-state index >= 15 is 0 Å². The molecule has 0 aliphatic carbocycles. The molecule has 3 aromatic heterocycles. The van der Waals surface area contributed by atoms with Crippen LogP contribution in [0, 0.1) is 5.92 Å². The topological polar surface area (TPSA) is 99.9 Å². The zero-order chi connectivity index (χ0) is 17.7. The van der Waals surface area contributed by atoms with Crippen molar-refractivity contribution in [3.63, 3.8) is 0 Å². The molecule has 1 atom stereocenters. The summed E-state index contributed by atoms with van der Waals surface area (Å²) in [7, 11) is 0. The largest absolute Gasteiger partial charge is 0.346 e. The summed E-state index contributed by atoms with van der Waals surface area (Å²) in [6, 6.07) is 1.97. The first kappa shape index (κ1) is 15.8. The van der Waals surface area contributed by atoms with Gasteiger partial charge in [-0.2, -0.15) is 4.98 Å². The molecule has 1 unspecified atom stereocenters. The second-order valence-corrected chi connectivity index (χ2v) is 7.24. The number of H-pyrrole nitrogens is 1. The fourth-order valence-electron chi connectivity index (χ4n) is 3.92. The van der Waals surface area contributed by atoms with Gasteiger partial charge in [0, 0.05) is 30.4 Å². The molecule has 0 spiro atoms. The van der Waals surface area contributed by atoms with E-state index < -0.39 is 0 Å². The number of pyridine rings is 1. The average molecular weight is 373 g/mol. The number of hydrogen-bond donors (Lipinski definition) is 2. The van der Waals surface area contributed by atoms with Crippen molar-refractivity contribution in [1.82, 2.24) is 30.3 Å². The Morgan fingerprint density at radius 2 is 2.23 bits per heavy atom. The number of amides is 1. The minimum atomic E-state index is -0.339. The number of hydrogen-bond acceptors (Lipinski definition) is 6. The van der Waals surface area contributed by atoms with Crippen molar-refractivity contribution in [2.45, 2.75) is 18.9 Å². The van der Waals surface area contributed by atoms with E-state index in [9.17, 15) is 4.79 Å². The molecular formula is C17H17ClN6O2. The van der Waals surface area contributed by atoms with Gasteiger partial charge in [0.2, 0.25) is 5.82 Å². The molecule has 2 bridgehead atoms. The average Bonchev–Trinajstić information content (AvgIpc) is 3.33. The Balaban J connectivity index is 1.37. The number of nitrogens with zero attached hydrogens (tertiary/aromatic N) is 4. The predicted molar refractivity (Wildman–Crippen MR) is 94.8 cm³/mol. The number of piperidine rings is 3. The van der Waals surface area contributed by atoms with E-state index in [4.69, 9.17) is 16.1 Å². The van der Waals surface area contributed by atoms with Gasteiger partial charge in [0.15, 0.2) is 0 Å². The van der Waals surface area contributed by atoms with Gasteiger partial charge in [0.05, 0.1) is 10.6 Å². The summed E-state index contributed by atoms with van der Waals surface area (Å²) in [5.41, 5.74) is 1.21. The van der Waals surface area contributed by atoms with Gasteiger partial charge in [-0.15, -0.1) is 0 Å². The highest BCUT2D eigenvalue weighted by Gasteiger charge is 2.35. The number of aromatic nitrogens is 4. The lowest BCUT2D eigenvalue weighted by atomic mass is 9.84. The minimum absolute atomic E-state index is 0.0540. The lowest BCUT2D eigenvalue weighted by Gasteiger charge is -2.44. The maximum absolute atomic E-state index is 12.5. The SMILES string of the molecule is O=C(NC1CN2CCC1CC2)c1nc(-c2cnc3[nH]ccc3c2Cl)no1. The third-order valence-corrected chi connectivity index (χ3v) is 5.76. The van der Waals surface area contributed by atoms with Crippen LogP contribution in [0.15, 0.2) is 23.0 Å². The number of halogens is 1. The first-order chi connectivity index (χ1) is 12.7. The fraction of sp³-hybridized carbons (Fsp3) is 0.412. The summed E-state index contributed by atoms with van der Waals surface area (Å²) < 4.78 is 5.17. The zero-order valence-electron chi connectivity index (χ0n) is 13.9. The van der Waals surface area contributed by atoms with Crippen LogP contribution in [-0.2, 0) is 0 Å². The summed E-state index contributed by atoms with van der Waals surface area (Å²) in [4.78, 5) is 26.4. The van der Waals surface area contributed by atoms with Gasteiger partial charge in [-0.25, -0.2) is 4.98 Å². The van der Waals surface area contributed by atoms with Crippen molar-refractivity contribution in [1.29, 1.82) is 0 Å². The molecule has 3 aliphatic rings. The molecule has 3 aliphatic heterocycles. The fourth-order valence-corrected chi connectivity index (χ4v) is 4.20. The Bertz CT molecular complexity index is 975. The summed E-state index contributed by atoms with van der Waals surface area (Å²) in [5.74, 6) is 0.390. The third kappa shape index (κ3) is 2.57. The minimum Gasteiger partial charge on any atom is -0.346 e. The highest BCUT2D eigenvalue weighted by atomic mass is 35.5. The molecule has 3 fully saturated rings. The van der Waals surface area contributed by atoms with Gasteiger partial charge in [-0.1, -0.05) is 16.8 Å². The first-order valence-corrected chi connectivity index (χ1v) is 9.06. The Morgan fingerprint density at radius 3 is 3.00 bits per heavy atom. The molecule has 0 saturated carbocycles. The van der Waals surface area contributed by atoms with E-state index in [1.165, 1.54) is 0 Å². The van der Waals surface area contributed by atoms with E-state index in [0.29, 0.717) is 22.2 Å². The van der Waals surface area contributed by atoms with Crippen molar-refractivity contribution in [3.8, 4) is 11.4 Å². The summed E-state index contributed by atoms with van der Waals surface area (Å²) >= 11 is 6.42. The maximum Gasteiger partial charge on any atom is 0.316 e. The Morgan fingerprint density at radius 1 is 1.38 bits per heavy atom. The van der Waals surface area contributed by atoms with Gasteiger partial charge in [0.1, 0.15) is 5.65 Å². The van der Waals surface area contributed by atoms with Crippen molar-refractivity contribution in [2.75, 3.05) is 19.6 Å². The van der Waals surface area contributed by atoms with Crippen LogP contribution in [0.4, 0.5) is 0 Å². The van der Waals surface area contributed by atoms with Crippen LogP contribution in [0.2, 0.25) is 5.02 Å². The van der Waals surface area contributed by atoms with E-state index in [1.807, 2.05) is 6.07 Å². The number of fused-ring (bicyclic) bond motifs is 4. The lowest BCUT2D eigenvalue weighted by molar-refractivity contribution is 0.0597. The summed E-state index contributed by atoms with van der Waals surface area (Å²) in [5, 5.41) is 8.19. The molecule has 3 aromatic rings. The number of nitrogens with one attached hydrogen (secondary N) is 2. The molecule has 9 heteroatoms. The van der Waals surface area contributed by atoms with E-state index in [1.54, 1.807) is 12.4 Å². The third-order valence-electron chi connectivity index (χ3n) is 5.35. The molecule has 134 valence electrons. The Labute approximate surface area is 153 Å². The van der Waals surface area contributed by atoms with E-state index in [2.05, 4.69) is 30.3 Å². The number of carbonyl (C=O) groups excluding carboxylic acids is 1. The molecule has 8 nitrogen and oxygen atoms in total. The quantitative estimate of drug-likeness (QED) is 0.730. The predicted octanol–water partition coefficient (Wildman–Crippen LogP) is 2.09. The van der Waals surface area contributed by atoms with Gasteiger partial charge in [-0.05, 0) is 37.9 Å². The monoisotopic (exact) mass is 372 g/mol. The van der Waals surface area contributed by atoms with Gasteiger partial charge < -0.3 is 19.7 Å². The van der Waals surface area contributed by atoms with Crippen LogP contribution in [0.3, 0.4) is 0 Å². The van der Waals surface area contributed by atoms with Crippen LogP contribution in [0.5, 0.6) is 0 Å². The van der Waals surface area contributed by atoms with Gasteiger partial charge in [-0.3, -0.25) is 4.79 Å². The summed E-state index contributed by atoms with van der Waals surface area (Å²) in [6.07, 6.45) is 5.58.